The zero-order chi connectivity index (χ0) is 8.81. The van der Waals surface area contributed by atoms with Gasteiger partial charge in [0.2, 0.25) is 0 Å². The summed E-state index contributed by atoms with van der Waals surface area (Å²) in [5.74, 6) is 0.825. The van der Waals surface area contributed by atoms with Crippen LogP contribution < -0.4 is 0 Å². The van der Waals surface area contributed by atoms with Crippen molar-refractivity contribution < 1.29 is 9.84 Å². The number of hydrogen-bond donors (Lipinski definition) is 1. The Labute approximate surface area is 74.9 Å². The van der Waals surface area contributed by atoms with E-state index in [9.17, 15) is 5.11 Å². The second kappa shape index (κ2) is 5.55. The van der Waals surface area contributed by atoms with Gasteiger partial charge >= 0.3 is 0 Å². The molecule has 0 saturated heterocycles. The normalized spacial score (nSPS) is 19.5. The summed E-state index contributed by atoms with van der Waals surface area (Å²) in [7, 11) is 0. The lowest BCUT2D eigenvalue weighted by atomic mass is 10.1. The lowest BCUT2D eigenvalue weighted by Gasteiger charge is -2.09. The highest BCUT2D eigenvalue weighted by atomic mass is 16.5. The third-order valence-corrected chi connectivity index (χ3v) is 2.25. The van der Waals surface area contributed by atoms with Crippen molar-refractivity contribution in [1.82, 2.24) is 0 Å². The first-order valence-electron chi connectivity index (χ1n) is 5.08. The summed E-state index contributed by atoms with van der Waals surface area (Å²) in [6.45, 7) is 3.65. The molecule has 0 heterocycles. The van der Waals surface area contributed by atoms with E-state index in [4.69, 9.17) is 4.74 Å². The van der Waals surface area contributed by atoms with Gasteiger partial charge in [-0.1, -0.05) is 19.8 Å². The monoisotopic (exact) mass is 172 g/mol. The van der Waals surface area contributed by atoms with Crippen LogP contribution in [0.15, 0.2) is 0 Å². The minimum Gasteiger partial charge on any atom is -0.393 e. The second-order valence-electron chi connectivity index (χ2n) is 3.73. The molecule has 1 unspecified atom stereocenters. The minimum absolute atomic E-state index is 0.116. The molecule has 1 aliphatic carbocycles. The molecule has 0 radical (unpaired) electrons. The van der Waals surface area contributed by atoms with Crippen LogP contribution in [0.3, 0.4) is 0 Å². The SMILES string of the molecule is CCCOCCC(O)CC1CC1. The van der Waals surface area contributed by atoms with Gasteiger partial charge < -0.3 is 9.84 Å². The number of hydrogen-bond acceptors (Lipinski definition) is 2. The van der Waals surface area contributed by atoms with Crippen LogP contribution in [0.5, 0.6) is 0 Å². The van der Waals surface area contributed by atoms with E-state index in [0.29, 0.717) is 0 Å². The smallest absolute Gasteiger partial charge is 0.0564 e. The molecule has 1 N–H and O–H groups in total. The molecule has 1 aliphatic rings. The lowest BCUT2D eigenvalue weighted by molar-refractivity contribution is 0.0758. The summed E-state index contributed by atoms with van der Waals surface area (Å²) in [6.07, 6.45) is 5.42. The number of rotatable bonds is 7. The van der Waals surface area contributed by atoms with E-state index in [-0.39, 0.29) is 6.10 Å². The number of ether oxygens (including phenoxy) is 1. The van der Waals surface area contributed by atoms with Crippen molar-refractivity contribution in [2.45, 2.75) is 45.1 Å². The Morgan fingerprint density at radius 1 is 1.42 bits per heavy atom. The fourth-order valence-corrected chi connectivity index (χ4v) is 1.32. The molecule has 1 rings (SSSR count). The Bertz CT molecular complexity index is 110. The van der Waals surface area contributed by atoms with Crippen LogP contribution in [0, 0.1) is 5.92 Å². The van der Waals surface area contributed by atoms with Gasteiger partial charge in [0.25, 0.3) is 0 Å². The predicted molar refractivity (Wildman–Crippen MR) is 49.1 cm³/mol. The average Bonchev–Trinajstić information content (AvgIpc) is 2.82. The lowest BCUT2D eigenvalue weighted by Crippen LogP contribution is -2.11. The van der Waals surface area contributed by atoms with Crippen LogP contribution in [-0.2, 0) is 4.74 Å². The first-order valence-corrected chi connectivity index (χ1v) is 5.08. The van der Waals surface area contributed by atoms with E-state index < -0.39 is 0 Å². The third-order valence-electron chi connectivity index (χ3n) is 2.25. The number of aliphatic hydroxyl groups excluding tert-OH is 1. The van der Waals surface area contributed by atoms with Gasteiger partial charge in [-0.15, -0.1) is 0 Å². The van der Waals surface area contributed by atoms with Crippen molar-refractivity contribution >= 4 is 0 Å². The van der Waals surface area contributed by atoms with E-state index >= 15 is 0 Å². The molecule has 12 heavy (non-hydrogen) atoms. The van der Waals surface area contributed by atoms with Crippen LogP contribution in [0.1, 0.15) is 39.0 Å². The summed E-state index contributed by atoms with van der Waals surface area (Å²) in [5, 5.41) is 9.48. The Kier molecular flexibility index (Phi) is 4.62. The first-order chi connectivity index (χ1) is 5.83. The van der Waals surface area contributed by atoms with Crippen molar-refractivity contribution in [3.8, 4) is 0 Å². The van der Waals surface area contributed by atoms with Gasteiger partial charge in [0.15, 0.2) is 0 Å². The summed E-state index contributed by atoms with van der Waals surface area (Å²) in [5.41, 5.74) is 0. The Hall–Kier alpha value is -0.0800. The van der Waals surface area contributed by atoms with E-state index in [0.717, 1.165) is 38.4 Å². The molecule has 1 atom stereocenters. The van der Waals surface area contributed by atoms with Crippen LogP contribution in [-0.4, -0.2) is 24.4 Å². The van der Waals surface area contributed by atoms with Gasteiger partial charge in [-0.2, -0.15) is 0 Å². The molecule has 0 aromatic heterocycles. The van der Waals surface area contributed by atoms with Gasteiger partial charge in [0.05, 0.1) is 6.10 Å². The van der Waals surface area contributed by atoms with Gasteiger partial charge in [-0.3, -0.25) is 0 Å². The summed E-state index contributed by atoms with van der Waals surface area (Å²) in [6, 6.07) is 0. The first kappa shape index (κ1) is 10.0. The highest BCUT2D eigenvalue weighted by Crippen LogP contribution is 2.33. The Morgan fingerprint density at radius 3 is 2.75 bits per heavy atom. The summed E-state index contributed by atoms with van der Waals surface area (Å²) < 4.78 is 5.30. The van der Waals surface area contributed by atoms with E-state index in [2.05, 4.69) is 6.92 Å². The summed E-state index contributed by atoms with van der Waals surface area (Å²) >= 11 is 0. The highest BCUT2D eigenvalue weighted by Gasteiger charge is 2.24. The van der Waals surface area contributed by atoms with Gasteiger partial charge in [0.1, 0.15) is 0 Å². The van der Waals surface area contributed by atoms with Crippen LogP contribution in [0.25, 0.3) is 0 Å². The number of aliphatic hydroxyl groups is 1. The molecule has 0 aliphatic heterocycles. The molecule has 2 nitrogen and oxygen atoms in total. The van der Waals surface area contributed by atoms with Crippen molar-refractivity contribution in [1.29, 1.82) is 0 Å². The zero-order valence-electron chi connectivity index (χ0n) is 7.96. The van der Waals surface area contributed by atoms with Gasteiger partial charge in [0, 0.05) is 13.2 Å². The van der Waals surface area contributed by atoms with E-state index in [1.165, 1.54) is 12.8 Å². The molecule has 0 bridgehead atoms. The molecule has 1 saturated carbocycles. The van der Waals surface area contributed by atoms with Gasteiger partial charge in [-0.25, -0.2) is 0 Å². The molecule has 1 fully saturated rings. The molecule has 72 valence electrons. The fourth-order valence-electron chi connectivity index (χ4n) is 1.32. The van der Waals surface area contributed by atoms with Crippen LogP contribution in [0.4, 0.5) is 0 Å². The molecule has 0 amide bonds. The highest BCUT2D eigenvalue weighted by molar-refractivity contribution is 4.76. The molecule has 0 aromatic rings. The summed E-state index contributed by atoms with van der Waals surface area (Å²) in [4.78, 5) is 0. The van der Waals surface area contributed by atoms with Crippen molar-refractivity contribution in [2.75, 3.05) is 13.2 Å². The van der Waals surface area contributed by atoms with Crippen LogP contribution in [0.2, 0.25) is 0 Å². The van der Waals surface area contributed by atoms with Crippen molar-refractivity contribution in [3.05, 3.63) is 0 Å². The van der Waals surface area contributed by atoms with Crippen LogP contribution >= 0.6 is 0 Å². The van der Waals surface area contributed by atoms with Gasteiger partial charge in [-0.05, 0) is 25.2 Å². The Balaban J connectivity index is 1.83. The zero-order valence-corrected chi connectivity index (χ0v) is 7.96. The Morgan fingerprint density at radius 2 is 2.17 bits per heavy atom. The second-order valence-corrected chi connectivity index (χ2v) is 3.73. The maximum Gasteiger partial charge on any atom is 0.0564 e. The average molecular weight is 172 g/mol. The van der Waals surface area contributed by atoms with Crippen molar-refractivity contribution in [2.24, 2.45) is 5.92 Å². The van der Waals surface area contributed by atoms with Crippen molar-refractivity contribution in [3.63, 3.8) is 0 Å². The topological polar surface area (TPSA) is 29.5 Å². The van der Waals surface area contributed by atoms with E-state index in [1.54, 1.807) is 0 Å². The molecule has 0 spiro atoms. The standard InChI is InChI=1S/C10H20O2/c1-2-6-12-7-5-10(11)8-9-3-4-9/h9-11H,2-8H2,1H3. The molecular weight excluding hydrogens is 152 g/mol. The third kappa shape index (κ3) is 4.73. The van der Waals surface area contributed by atoms with E-state index in [1.807, 2.05) is 0 Å². The largest absolute Gasteiger partial charge is 0.393 e. The molecule has 0 aromatic carbocycles. The predicted octanol–water partition coefficient (Wildman–Crippen LogP) is 1.96. The maximum absolute atomic E-state index is 9.48. The molecular formula is C10H20O2. The minimum atomic E-state index is -0.116. The fraction of sp³-hybridized carbons (Fsp3) is 1.00. The quantitative estimate of drug-likeness (QED) is 0.595. The maximum atomic E-state index is 9.48. The molecule has 2 heteroatoms.